The van der Waals surface area contributed by atoms with E-state index < -0.39 is 0 Å². The molecule has 1 saturated carbocycles. The smallest absolute Gasteiger partial charge is 0.120 e. The number of aliphatic hydroxyl groups excluding tert-OH is 1. The molecule has 1 fully saturated rings. The quantitative estimate of drug-likeness (QED) is 0.651. The number of hydrogen-bond donors (Lipinski definition) is 1. The average Bonchev–Trinajstić information content (AvgIpc) is 2.39. The van der Waals surface area contributed by atoms with Gasteiger partial charge in [0.05, 0.1) is 6.10 Å². The standard InChI is InChI=1S/C10H18O2/c1-7(12)6-9-8(4-5-11)10(9,2)3/h5,7-9,12H,4,6H2,1-3H3. The van der Waals surface area contributed by atoms with E-state index in [1.807, 2.05) is 6.92 Å². The van der Waals surface area contributed by atoms with E-state index in [0.717, 1.165) is 12.7 Å². The first-order chi connectivity index (χ1) is 5.50. The van der Waals surface area contributed by atoms with Crippen molar-refractivity contribution in [1.29, 1.82) is 0 Å². The molecule has 70 valence electrons. The predicted molar refractivity (Wildman–Crippen MR) is 47.7 cm³/mol. The number of hydrogen-bond acceptors (Lipinski definition) is 2. The summed E-state index contributed by atoms with van der Waals surface area (Å²) in [4.78, 5) is 10.3. The SMILES string of the molecule is CC(O)CC1C(CC=O)C1(C)C. The van der Waals surface area contributed by atoms with Crippen LogP contribution in [-0.4, -0.2) is 17.5 Å². The fourth-order valence-corrected chi connectivity index (χ4v) is 2.26. The number of aliphatic hydroxyl groups is 1. The van der Waals surface area contributed by atoms with Crippen molar-refractivity contribution >= 4 is 6.29 Å². The van der Waals surface area contributed by atoms with Crippen LogP contribution in [0.25, 0.3) is 0 Å². The van der Waals surface area contributed by atoms with Crippen molar-refractivity contribution in [2.75, 3.05) is 0 Å². The Morgan fingerprint density at radius 2 is 2.08 bits per heavy atom. The van der Waals surface area contributed by atoms with E-state index in [9.17, 15) is 9.90 Å². The van der Waals surface area contributed by atoms with Gasteiger partial charge in [-0.05, 0) is 30.6 Å². The zero-order valence-electron chi connectivity index (χ0n) is 8.08. The van der Waals surface area contributed by atoms with E-state index in [4.69, 9.17) is 0 Å². The highest BCUT2D eigenvalue weighted by Crippen LogP contribution is 2.61. The molecular weight excluding hydrogens is 152 g/mol. The Kier molecular flexibility index (Phi) is 2.57. The molecule has 1 aliphatic carbocycles. The third-order valence-corrected chi connectivity index (χ3v) is 3.23. The monoisotopic (exact) mass is 170 g/mol. The van der Waals surface area contributed by atoms with Gasteiger partial charge in [-0.2, -0.15) is 0 Å². The third kappa shape index (κ3) is 1.69. The maximum Gasteiger partial charge on any atom is 0.120 e. The lowest BCUT2D eigenvalue weighted by Gasteiger charge is -2.04. The van der Waals surface area contributed by atoms with Crippen molar-refractivity contribution in [1.82, 2.24) is 0 Å². The average molecular weight is 170 g/mol. The van der Waals surface area contributed by atoms with Crippen molar-refractivity contribution in [3.05, 3.63) is 0 Å². The maximum absolute atomic E-state index is 10.3. The van der Waals surface area contributed by atoms with Crippen LogP contribution in [-0.2, 0) is 4.79 Å². The van der Waals surface area contributed by atoms with Gasteiger partial charge in [0, 0.05) is 6.42 Å². The van der Waals surface area contributed by atoms with Crippen LogP contribution in [0.1, 0.15) is 33.6 Å². The molecule has 2 nitrogen and oxygen atoms in total. The Morgan fingerprint density at radius 3 is 2.50 bits per heavy atom. The summed E-state index contributed by atoms with van der Waals surface area (Å²) < 4.78 is 0. The summed E-state index contributed by atoms with van der Waals surface area (Å²) in [6.07, 6.45) is 2.26. The Labute approximate surface area is 74.0 Å². The Bertz CT molecular complexity index is 173. The van der Waals surface area contributed by atoms with E-state index in [-0.39, 0.29) is 11.5 Å². The molecular formula is C10H18O2. The first-order valence-electron chi connectivity index (χ1n) is 4.61. The molecule has 0 bridgehead atoms. The first kappa shape index (κ1) is 9.72. The molecule has 1 rings (SSSR count). The molecule has 2 heteroatoms. The molecule has 0 heterocycles. The first-order valence-corrected chi connectivity index (χ1v) is 4.61. The largest absolute Gasteiger partial charge is 0.393 e. The molecule has 3 unspecified atom stereocenters. The summed E-state index contributed by atoms with van der Waals surface area (Å²) >= 11 is 0. The minimum Gasteiger partial charge on any atom is -0.393 e. The Balaban J connectivity index is 2.42. The predicted octanol–water partition coefficient (Wildman–Crippen LogP) is 1.62. The topological polar surface area (TPSA) is 37.3 Å². The fraction of sp³-hybridized carbons (Fsp3) is 0.900. The van der Waals surface area contributed by atoms with E-state index in [2.05, 4.69) is 13.8 Å². The van der Waals surface area contributed by atoms with Gasteiger partial charge in [0.15, 0.2) is 0 Å². The summed E-state index contributed by atoms with van der Waals surface area (Å²) in [5, 5.41) is 9.19. The zero-order valence-corrected chi connectivity index (χ0v) is 8.08. The van der Waals surface area contributed by atoms with Crippen LogP contribution < -0.4 is 0 Å². The molecule has 1 aliphatic rings. The van der Waals surface area contributed by atoms with Crippen LogP contribution in [0.2, 0.25) is 0 Å². The van der Waals surface area contributed by atoms with Crippen LogP contribution >= 0.6 is 0 Å². The minimum atomic E-state index is -0.231. The number of carbonyl (C=O) groups is 1. The summed E-state index contributed by atoms with van der Waals surface area (Å²) in [6, 6.07) is 0. The number of carbonyl (C=O) groups excluding carboxylic acids is 1. The molecule has 0 aromatic carbocycles. The minimum absolute atomic E-state index is 0.231. The van der Waals surface area contributed by atoms with Gasteiger partial charge in [0.2, 0.25) is 0 Å². The maximum atomic E-state index is 10.3. The van der Waals surface area contributed by atoms with Crippen molar-refractivity contribution in [2.24, 2.45) is 17.3 Å². The van der Waals surface area contributed by atoms with E-state index in [1.54, 1.807) is 0 Å². The highest BCUT2D eigenvalue weighted by Gasteiger charge is 2.56. The Hall–Kier alpha value is -0.370. The molecule has 0 amide bonds. The molecule has 0 aliphatic heterocycles. The van der Waals surface area contributed by atoms with Crippen LogP contribution in [0.4, 0.5) is 0 Å². The zero-order chi connectivity index (χ0) is 9.35. The molecule has 12 heavy (non-hydrogen) atoms. The lowest BCUT2D eigenvalue weighted by Crippen LogP contribution is -2.03. The second-order valence-electron chi connectivity index (χ2n) is 4.52. The number of aldehydes is 1. The fourth-order valence-electron chi connectivity index (χ4n) is 2.26. The van der Waals surface area contributed by atoms with Crippen LogP contribution in [0.5, 0.6) is 0 Å². The van der Waals surface area contributed by atoms with Gasteiger partial charge in [0.25, 0.3) is 0 Å². The molecule has 3 atom stereocenters. The van der Waals surface area contributed by atoms with Gasteiger partial charge >= 0.3 is 0 Å². The van der Waals surface area contributed by atoms with Crippen LogP contribution in [0.3, 0.4) is 0 Å². The number of rotatable bonds is 4. The summed E-state index contributed by atoms with van der Waals surface area (Å²) in [5.41, 5.74) is 0.276. The summed E-state index contributed by atoms with van der Waals surface area (Å²) in [6.45, 7) is 6.16. The van der Waals surface area contributed by atoms with Gasteiger partial charge in [-0.1, -0.05) is 13.8 Å². The van der Waals surface area contributed by atoms with Crippen molar-refractivity contribution in [3.8, 4) is 0 Å². The molecule has 1 N–H and O–H groups in total. The molecule has 0 saturated heterocycles. The van der Waals surface area contributed by atoms with Crippen molar-refractivity contribution in [3.63, 3.8) is 0 Å². The summed E-state index contributed by atoms with van der Waals surface area (Å²) in [5.74, 6) is 1.05. The third-order valence-electron chi connectivity index (χ3n) is 3.23. The van der Waals surface area contributed by atoms with Gasteiger partial charge in [-0.15, -0.1) is 0 Å². The second kappa shape index (κ2) is 3.17. The highest BCUT2D eigenvalue weighted by molar-refractivity contribution is 5.51. The molecule has 0 aromatic heterocycles. The lowest BCUT2D eigenvalue weighted by atomic mass is 10.1. The Morgan fingerprint density at radius 1 is 1.50 bits per heavy atom. The summed E-state index contributed by atoms with van der Waals surface area (Å²) in [7, 11) is 0. The van der Waals surface area contributed by atoms with Gasteiger partial charge in [0.1, 0.15) is 6.29 Å². The van der Waals surface area contributed by atoms with E-state index in [0.29, 0.717) is 18.3 Å². The highest BCUT2D eigenvalue weighted by atomic mass is 16.3. The molecule has 0 radical (unpaired) electrons. The lowest BCUT2D eigenvalue weighted by molar-refractivity contribution is -0.108. The van der Waals surface area contributed by atoms with Crippen LogP contribution in [0, 0.1) is 17.3 Å². The van der Waals surface area contributed by atoms with Gasteiger partial charge in [-0.3, -0.25) is 0 Å². The van der Waals surface area contributed by atoms with Crippen molar-refractivity contribution < 1.29 is 9.90 Å². The van der Waals surface area contributed by atoms with E-state index in [1.165, 1.54) is 0 Å². The second-order valence-corrected chi connectivity index (χ2v) is 4.52. The molecule has 0 aromatic rings. The van der Waals surface area contributed by atoms with E-state index >= 15 is 0 Å². The normalized spacial score (nSPS) is 34.3. The van der Waals surface area contributed by atoms with Gasteiger partial charge < -0.3 is 9.90 Å². The molecule has 0 spiro atoms. The van der Waals surface area contributed by atoms with Crippen LogP contribution in [0.15, 0.2) is 0 Å². The van der Waals surface area contributed by atoms with Gasteiger partial charge in [-0.25, -0.2) is 0 Å². The van der Waals surface area contributed by atoms with Crippen molar-refractivity contribution in [2.45, 2.75) is 39.7 Å².